The number of rotatable bonds is 5. The fraction of sp³-hybridized carbons (Fsp3) is 0.467. The number of carboxylic acids is 1. The normalized spacial score (nSPS) is 21.7. The molecule has 0 spiro atoms. The minimum absolute atomic E-state index is 0.100. The van der Waals surface area contributed by atoms with Crippen LogP contribution in [0.4, 0.5) is 8.78 Å². The number of hydrogen-bond donors (Lipinski definition) is 1. The lowest BCUT2D eigenvalue weighted by Crippen LogP contribution is -2.34. The highest BCUT2D eigenvalue weighted by molar-refractivity contribution is 5.83. The van der Waals surface area contributed by atoms with E-state index in [0.717, 1.165) is 18.2 Å². The Labute approximate surface area is 121 Å². The summed E-state index contributed by atoms with van der Waals surface area (Å²) in [7, 11) is 1.53. The van der Waals surface area contributed by atoms with Gasteiger partial charge in [-0.3, -0.25) is 9.59 Å². The molecule has 1 aliphatic rings. The Morgan fingerprint density at radius 2 is 2.10 bits per heavy atom. The number of aliphatic carboxylic acids is 1. The van der Waals surface area contributed by atoms with Crippen molar-refractivity contribution < 1.29 is 23.5 Å². The molecule has 0 saturated heterocycles. The third-order valence-corrected chi connectivity index (χ3v) is 3.81. The van der Waals surface area contributed by atoms with E-state index in [0.29, 0.717) is 6.42 Å². The number of benzene rings is 1. The van der Waals surface area contributed by atoms with Crippen LogP contribution < -0.4 is 0 Å². The minimum atomic E-state index is -0.974. The Hall–Kier alpha value is -1.98. The maximum atomic E-state index is 13.6. The molecular formula is C15H17F2NO3. The molecule has 1 amide bonds. The van der Waals surface area contributed by atoms with Gasteiger partial charge in [-0.25, -0.2) is 8.78 Å². The van der Waals surface area contributed by atoms with Crippen LogP contribution in [0.25, 0.3) is 0 Å². The van der Waals surface area contributed by atoms with E-state index in [-0.39, 0.29) is 23.9 Å². The van der Waals surface area contributed by atoms with Crippen LogP contribution in [0.5, 0.6) is 0 Å². The fourth-order valence-corrected chi connectivity index (χ4v) is 2.47. The molecule has 21 heavy (non-hydrogen) atoms. The van der Waals surface area contributed by atoms with Crippen LogP contribution >= 0.6 is 0 Å². The molecule has 3 atom stereocenters. The van der Waals surface area contributed by atoms with Crippen molar-refractivity contribution in [2.45, 2.75) is 19.3 Å². The highest BCUT2D eigenvalue weighted by Gasteiger charge is 2.46. The van der Waals surface area contributed by atoms with Crippen LogP contribution in [-0.2, 0) is 9.59 Å². The van der Waals surface area contributed by atoms with Crippen LogP contribution in [0, 0.1) is 23.5 Å². The van der Waals surface area contributed by atoms with Gasteiger partial charge < -0.3 is 10.0 Å². The van der Waals surface area contributed by atoms with Gasteiger partial charge in [0, 0.05) is 19.5 Å². The predicted molar refractivity (Wildman–Crippen MR) is 71.6 cm³/mol. The highest BCUT2D eigenvalue weighted by atomic mass is 19.1. The molecule has 6 heteroatoms. The molecule has 3 unspecified atom stereocenters. The van der Waals surface area contributed by atoms with Gasteiger partial charge in [0.25, 0.3) is 0 Å². The highest BCUT2D eigenvalue weighted by Crippen LogP contribution is 2.49. The van der Waals surface area contributed by atoms with E-state index in [4.69, 9.17) is 5.11 Å². The van der Waals surface area contributed by atoms with Gasteiger partial charge in [0.15, 0.2) is 0 Å². The summed E-state index contributed by atoms with van der Waals surface area (Å²) in [5.74, 6) is -3.63. The van der Waals surface area contributed by atoms with Crippen LogP contribution in [0.1, 0.15) is 24.8 Å². The van der Waals surface area contributed by atoms with Crippen molar-refractivity contribution in [2.75, 3.05) is 13.6 Å². The Kier molecular flexibility index (Phi) is 4.25. The molecule has 2 rings (SSSR count). The largest absolute Gasteiger partial charge is 0.481 e. The van der Waals surface area contributed by atoms with Gasteiger partial charge in [-0.15, -0.1) is 0 Å². The van der Waals surface area contributed by atoms with Gasteiger partial charge in [0.1, 0.15) is 11.6 Å². The van der Waals surface area contributed by atoms with E-state index in [1.165, 1.54) is 18.9 Å². The van der Waals surface area contributed by atoms with Gasteiger partial charge in [0.05, 0.1) is 5.92 Å². The molecule has 1 aromatic carbocycles. The number of carbonyl (C=O) groups is 2. The monoisotopic (exact) mass is 297 g/mol. The molecule has 114 valence electrons. The van der Waals surface area contributed by atoms with Crippen molar-refractivity contribution in [2.24, 2.45) is 11.8 Å². The number of halogens is 2. The first-order chi connectivity index (χ1) is 9.81. The van der Waals surface area contributed by atoms with Crippen molar-refractivity contribution in [3.8, 4) is 0 Å². The molecule has 1 aromatic rings. The first kappa shape index (κ1) is 15.4. The quantitative estimate of drug-likeness (QED) is 0.907. The molecule has 0 aromatic heterocycles. The van der Waals surface area contributed by atoms with Crippen molar-refractivity contribution in [1.29, 1.82) is 0 Å². The molecule has 0 bridgehead atoms. The number of carbonyl (C=O) groups excluding carboxylic acids is 1. The summed E-state index contributed by atoms with van der Waals surface area (Å²) >= 11 is 0. The summed E-state index contributed by atoms with van der Waals surface area (Å²) in [4.78, 5) is 24.3. The molecular weight excluding hydrogens is 280 g/mol. The first-order valence-electron chi connectivity index (χ1n) is 6.74. The molecule has 1 N–H and O–H groups in total. The van der Waals surface area contributed by atoms with Crippen molar-refractivity contribution >= 4 is 11.9 Å². The Bertz CT molecular complexity index is 576. The summed E-state index contributed by atoms with van der Waals surface area (Å²) in [5.41, 5.74) is 0.216. The second kappa shape index (κ2) is 5.79. The van der Waals surface area contributed by atoms with Gasteiger partial charge in [-0.05, 0) is 36.1 Å². The summed E-state index contributed by atoms with van der Waals surface area (Å²) in [6, 6.07) is 3.21. The number of amides is 1. The molecule has 1 aliphatic carbocycles. The molecule has 4 nitrogen and oxygen atoms in total. The minimum Gasteiger partial charge on any atom is -0.481 e. The molecule has 1 fully saturated rings. The lowest BCUT2D eigenvalue weighted by atomic mass is 10.1. The van der Waals surface area contributed by atoms with Gasteiger partial charge in [-0.1, -0.05) is 6.92 Å². The Balaban J connectivity index is 2.00. The predicted octanol–water partition coefficient (Wildman–Crippen LogP) is 2.25. The first-order valence-corrected chi connectivity index (χ1v) is 6.74. The number of hydrogen-bond acceptors (Lipinski definition) is 2. The SMILES string of the molecule is CC(CN(C)C(=O)C1CC1c1cc(F)ccc1F)C(=O)O. The third-order valence-electron chi connectivity index (χ3n) is 3.81. The third kappa shape index (κ3) is 3.37. The lowest BCUT2D eigenvalue weighted by molar-refractivity contribution is -0.142. The maximum Gasteiger partial charge on any atom is 0.308 e. The van der Waals surface area contributed by atoms with E-state index in [1.54, 1.807) is 0 Å². The van der Waals surface area contributed by atoms with Gasteiger partial charge in [0.2, 0.25) is 5.91 Å². The Morgan fingerprint density at radius 3 is 2.71 bits per heavy atom. The zero-order valence-corrected chi connectivity index (χ0v) is 11.8. The molecule has 0 heterocycles. The fourth-order valence-electron chi connectivity index (χ4n) is 2.47. The summed E-state index contributed by atoms with van der Waals surface area (Å²) < 4.78 is 26.8. The van der Waals surface area contributed by atoms with E-state index < -0.39 is 29.4 Å². The molecule has 0 radical (unpaired) electrons. The maximum absolute atomic E-state index is 13.6. The van der Waals surface area contributed by atoms with Crippen molar-refractivity contribution in [3.63, 3.8) is 0 Å². The smallest absolute Gasteiger partial charge is 0.308 e. The van der Waals surface area contributed by atoms with Crippen molar-refractivity contribution in [1.82, 2.24) is 4.90 Å². The van der Waals surface area contributed by atoms with Crippen LogP contribution in [0.2, 0.25) is 0 Å². The van der Waals surface area contributed by atoms with E-state index in [9.17, 15) is 18.4 Å². The van der Waals surface area contributed by atoms with Crippen LogP contribution in [0.3, 0.4) is 0 Å². The lowest BCUT2D eigenvalue weighted by Gasteiger charge is -2.19. The summed E-state index contributed by atoms with van der Waals surface area (Å²) in [6.07, 6.45) is 0.463. The zero-order chi connectivity index (χ0) is 15.7. The number of nitrogens with zero attached hydrogens (tertiary/aromatic N) is 1. The van der Waals surface area contributed by atoms with Crippen molar-refractivity contribution in [3.05, 3.63) is 35.4 Å². The van der Waals surface area contributed by atoms with Crippen LogP contribution in [-0.4, -0.2) is 35.5 Å². The van der Waals surface area contributed by atoms with Crippen LogP contribution in [0.15, 0.2) is 18.2 Å². The standard InChI is InChI=1S/C15H17F2NO3/c1-8(15(20)21)7-18(2)14(19)12-6-10(12)11-5-9(16)3-4-13(11)17/h3-5,8,10,12H,6-7H2,1-2H3,(H,20,21). The van der Waals surface area contributed by atoms with Gasteiger partial charge in [-0.2, -0.15) is 0 Å². The topological polar surface area (TPSA) is 57.6 Å². The summed E-state index contributed by atoms with van der Waals surface area (Å²) in [6.45, 7) is 1.62. The second-order valence-electron chi connectivity index (χ2n) is 5.57. The van der Waals surface area contributed by atoms with Gasteiger partial charge >= 0.3 is 5.97 Å². The molecule has 0 aliphatic heterocycles. The number of carboxylic acid groups (broad SMARTS) is 1. The van der Waals surface area contributed by atoms with E-state index in [1.807, 2.05) is 0 Å². The van der Waals surface area contributed by atoms with E-state index in [2.05, 4.69) is 0 Å². The second-order valence-corrected chi connectivity index (χ2v) is 5.57. The average molecular weight is 297 g/mol. The summed E-state index contributed by atoms with van der Waals surface area (Å²) in [5, 5.41) is 8.83. The molecule has 1 saturated carbocycles. The van der Waals surface area contributed by atoms with E-state index >= 15 is 0 Å². The average Bonchev–Trinajstić information content (AvgIpc) is 3.20. The Morgan fingerprint density at radius 1 is 1.43 bits per heavy atom. The zero-order valence-electron chi connectivity index (χ0n) is 11.8.